The van der Waals surface area contributed by atoms with Crippen molar-refractivity contribution >= 4 is 5.91 Å². The number of rotatable bonds is 4. The number of carbonyl (C=O) groups is 1. The molecule has 1 amide bonds. The predicted molar refractivity (Wildman–Crippen MR) is 102 cm³/mol. The number of alkyl halides is 3. The summed E-state index contributed by atoms with van der Waals surface area (Å²) in [5.74, 6) is -0.370. The number of carbonyl (C=O) groups excluding carboxylic acids is 1. The molecule has 3 rings (SSSR count). The van der Waals surface area contributed by atoms with Gasteiger partial charge in [-0.3, -0.25) is 14.4 Å². The highest BCUT2D eigenvalue weighted by atomic mass is 19.4. The predicted octanol–water partition coefficient (Wildman–Crippen LogP) is 3.24. The first kappa shape index (κ1) is 21.3. The molecule has 0 saturated carbocycles. The molecule has 2 aromatic heterocycles. The third-order valence-electron chi connectivity index (χ3n) is 5.51. The number of likely N-dealkylation sites (tertiary alicyclic amines) is 1. The summed E-state index contributed by atoms with van der Waals surface area (Å²) in [6, 6.07) is 2.05. The third kappa shape index (κ3) is 5.14. The van der Waals surface area contributed by atoms with Crippen LogP contribution in [0.5, 0.6) is 0 Å². The van der Waals surface area contributed by atoms with E-state index in [4.69, 9.17) is 0 Å². The third-order valence-corrected chi connectivity index (χ3v) is 5.51. The molecule has 1 fully saturated rings. The Bertz CT molecular complexity index is 877. The minimum absolute atomic E-state index is 0.0100. The number of amides is 1. The topological polar surface area (TPSA) is 63.1 Å². The van der Waals surface area contributed by atoms with E-state index in [1.807, 2.05) is 24.9 Å². The van der Waals surface area contributed by atoms with E-state index in [0.717, 1.165) is 50.7 Å². The summed E-state index contributed by atoms with van der Waals surface area (Å²) in [6.07, 6.45) is -0.0644. The van der Waals surface area contributed by atoms with E-state index < -0.39 is 11.9 Å². The maximum absolute atomic E-state index is 12.8. The maximum atomic E-state index is 12.8. The Hall–Kier alpha value is -2.42. The lowest BCUT2D eigenvalue weighted by atomic mass is 10.1. The standard InChI is InChI=1S/C20H26F3N5O/c1-13-17(6-7-18(25-13)20(21,22)23)19(29)26-16-5-4-9-28(10-8-16)12-15-11-24-27(3)14(15)2/h6-7,11,16H,4-5,8-10,12H2,1-3H3,(H,26,29)/t16-/m0/s1. The minimum atomic E-state index is -4.52. The smallest absolute Gasteiger partial charge is 0.349 e. The fourth-order valence-corrected chi connectivity index (χ4v) is 3.62. The van der Waals surface area contributed by atoms with E-state index in [9.17, 15) is 18.0 Å². The van der Waals surface area contributed by atoms with Gasteiger partial charge in [0.25, 0.3) is 5.91 Å². The Morgan fingerprint density at radius 2 is 2.00 bits per heavy atom. The fourth-order valence-electron chi connectivity index (χ4n) is 3.62. The minimum Gasteiger partial charge on any atom is -0.349 e. The Morgan fingerprint density at radius 1 is 1.24 bits per heavy atom. The van der Waals surface area contributed by atoms with Crippen LogP contribution >= 0.6 is 0 Å². The Morgan fingerprint density at radius 3 is 2.62 bits per heavy atom. The number of aromatic nitrogens is 3. The molecule has 0 bridgehead atoms. The summed E-state index contributed by atoms with van der Waals surface area (Å²) >= 11 is 0. The van der Waals surface area contributed by atoms with Gasteiger partial charge in [-0.2, -0.15) is 18.3 Å². The van der Waals surface area contributed by atoms with E-state index in [0.29, 0.717) is 0 Å². The van der Waals surface area contributed by atoms with Gasteiger partial charge in [-0.25, -0.2) is 4.98 Å². The largest absolute Gasteiger partial charge is 0.433 e. The van der Waals surface area contributed by atoms with Gasteiger partial charge in [0, 0.05) is 37.4 Å². The van der Waals surface area contributed by atoms with Crippen LogP contribution in [0.2, 0.25) is 0 Å². The maximum Gasteiger partial charge on any atom is 0.433 e. The van der Waals surface area contributed by atoms with Crippen molar-refractivity contribution in [3.63, 3.8) is 0 Å². The quantitative estimate of drug-likeness (QED) is 0.842. The van der Waals surface area contributed by atoms with Crippen LogP contribution in [0.1, 0.15) is 52.3 Å². The average molecular weight is 409 g/mol. The van der Waals surface area contributed by atoms with Crippen LogP contribution < -0.4 is 5.32 Å². The zero-order chi connectivity index (χ0) is 21.2. The zero-order valence-corrected chi connectivity index (χ0v) is 16.9. The van der Waals surface area contributed by atoms with Gasteiger partial charge in [0.15, 0.2) is 0 Å². The molecule has 0 aliphatic carbocycles. The average Bonchev–Trinajstić information content (AvgIpc) is 2.83. The van der Waals surface area contributed by atoms with Crippen molar-refractivity contribution in [2.24, 2.45) is 7.05 Å². The highest BCUT2D eigenvalue weighted by molar-refractivity contribution is 5.95. The van der Waals surface area contributed by atoms with Gasteiger partial charge in [0.2, 0.25) is 0 Å². The van der Waals surface area contributed by atoms with Gasteiger partial charge in [0.1, 0.15) is 5.69 Å². The number of halogens is 3. The summed E-state index contributed by atoms with van der Waals surface area (Å²) in [6.45, 7) is 6.06. The molecule has 1 atom stereocenters. The van der Waals surface area contributed by atoms with Crippen LogP contribution in [0.4, 0.5) is 13.2 Å². The first-order chi connectivity index (χ1) is 13.6. The normalized spacial score (nSPS) is 18.5. The number of pyridine rings is 1. The molecular weight excluding hydrogens is 383 g/mol. The first-order valence-electron chi connectivity index (χ1n) is 9.70. The highest BCUT2D eigenvalue weighted by Gasteiger charge is 2.33. The van der Waals surface area contributed by atoms with E-state index in [1.54, 1.807) is 0 Å². The summed E-state index contributed by atoms with van der Waals surface area (Å²) < 4.78 is 40.2. The Kier molecular flexibility index (Phi) is 6.26. The second-order valence-electron chi connectivity index (χ2n) is 7.58. The molecule has 2 aromatic rings. The first-order valence-corrected chi connectivity index (χ1v) is 9.70. The molecule has 6 nitrogen and oxygen atoms in total. The molecule has 29 heavy (non-hydrogen) atoms. The lowest BCUT2D eigenvalue weighted by Gasteiger charge is -2.20. The number of nitrogens with zero attached hydrogens (tertiary/aromatic N) is 4. The summed E-state index contributed by atoms with van der Waals surface area (Å²) in [5.41, 5.74) is 1.62. The lowest BCUT2D eigenvalue weighted by molar-refractivity contribution is -0.141. The summed E-state index contributed by atoms with van der Waals surface area (Å²) in [4.78, 5) is 18.5. The second-order valence-corrected chi connectivity index (χ2v) is 7.58. The lowest BCUT2D eigenvalue weighted by Crippen LogP contribution is -2.36. The molecule has 1 aliphatic heterocycles. The number of nitrogens with one attached hydrogen (secondary N) is 1. The van der Waals surface area contributed by atoms with Crippen molar-refractivity contribution in [1.29, 1.82) is 0 Å². The zero-order valence-electron chi connectivity index (χ0n) is 16.9. The number of hydrogen-bond donors (Lipinski definition) is 1. The molecule has 1 saturated heterocycles. The SMILES string of the molecule is Cc1nc(C(F)(F)F)ccc1C(=O)N[C@H]1CCCN(Cc2cnn(C)c2C)CC1. The molecule has 0 aromatic carbocycles. The van der Waals surface area contributed by atoms with E-state index in [1.165, 1.54) is 18.6 Å². The number of hydrogen-bond acceptors (Lipinski definition) is 4. The molecule has 158 valence electrons. The van der Waals surface area contributed by atoms with Crippen molar-refractivity contribution in [3.05, 3.63) is 46.5 Å². The summed E-state index contributed by atoms with van der Waals surface area (Å²) in [5, 5.41) is 7.25. The van der Waals surface area contributed by atoms with Crippen molar-refractivity contribution in [2.45, 2.75) is 51.9 Å². The van der Waals surface area contributed by atoms with Gasteiger partial charge >= 0.3 is 6.18 Å². The molecular formula is C20H26F3N5O. The molecule has 0 spiro atoms. The van der Waals surface area contributed by atoms with Crippen molar-refractivity contribution < 1.29 is 18.0 Å². The highest BCUT2D eigenvalue weighted by Crippen LogP contribution is 2.28. The number of aryl methyl sites for hydroxylation is 2. The van der Waals surface area contributed by atoms with Gasteiger partial charge in [-0.1, -0.05) is 0 Å². The second kappa shape index (κ2) is 8.52. The molecule has 0 unspecified atom stereocenters. The van der Waals surface area contributed by atoms with Crippen molar-refractivity contribution in [1.82, 2.24) is 25.0 Å². The van der Waals surface area contributed by atoms with Gasteiger partial charge in [-0.15, -0.1) is 0 Å². The Labute approximate surface area is 168 Å². The van der Waals surface area contributed by atoms with Crippen LogP contribution in [0.3, 0.4) is 0 Å². The Balaban J connectivity index is 1.58. The van der Waals surface area contributed by atoms with Crippen molar-refractivity contribution in [3.8, 4) is 0 Å². The molecule has 1 aliphatic rings. The molecule has 3 heterocycles. The molecule has 0 radical (unpaired) electrons. The van der Waals surface area contributed by atoms with Crippen molar-refractivity contribution in [2.75, 3.05) is 13.1 Å². The summed E-state index contributed by atoms with van der Waals surface area (Å²) in [7, 11) is 1.92. The van der Waals surface area contributed by atoms with Gasteiger partial charge in [0.05, 0.1) is 17.5 Å². The molecule has 1 N–H and O–H groups in total. The molecule has 9 heteroatoms. The van der Waals surface area contributed by atoms with Crippen LogP contribution in [-0.4, -0.2) is 44.7 Å². The van der Waals surface area contributed by atoms with Gasteiger partial charge < -0.3 is 5.32 Å². The van der Waals surface area contributed by atoms with Gasteiger partial charge in [-0.05, 0) is 51.8 Å². The monoisotopic (exact) mass is 409 g/mol. The van der Waals surface area contributed by atoms with Crippen LogP contribution in [-0.2, 0) is 19.8 Å². The fraction of sp³-hybridized carbons (Fsp3) is 0.550. The van der Waals surface area contributed by atoms with Crippen LogP contribution in [0.15, 0.2) is 18.3 Å². The van der Waals surface area contributed by atoms with Crippen LogP contribution in [0.25, 0.3) is 0 Å². The van der Waals surface area contributed by atoms with Crippen LogP contribution in [0, 0.1) is 13.8 Å². The van der Waals surface area contributed by atoms with E-state index in [2.05, 4.69) is 20.3 Å². The van der Waals surface area contributed by atoms with E-state index >= 15 is 0 Å². The van der Waals surface area contributed by atoms with E-state index in [-0.39, 0.29) is 23.2 Å².